The number of nitrogens with two attached hydrogens (primary N) is 1. The summed E-state index contributed by atoms with van der Waals surface area (Å²) in [5.74, 6) is 0.993. The molecule has 2 heteroatoms. The second kappa shape index (κ2) is 7.42. The minimum atomic E-state index is 0.344. The Balaban J connectivity index is 2.10. The van der Waals surface area contributed by atoms with E-state index in [1.807, 2.05) is 0 Å². The Morgan fingerprint density at radius 1 is 1.06 bits per heavy atom. The third kappa shape index (κ3) is 6.65. The van der Waals surface area contributed by atoms with Crippen molar-refractivity contribution in [2.75, 3.05) is 13.2 Å². The third-order valence-corrected chi connectivity index (χ3v) is 2.96. The summed E-state index contributed by atoms with van der Waals surface area (Å²) >= 11 is 0. The Bertz CT molecular complexity index is 324. The maximum Gasteiger partial charge on any atom is 0.119 e. The van der Waals surface area contributed by atoms with Crippen LogP contribution >= 0.6 is 0 Å². The van der Waals surface area contributed by atoms with Crippen molar-refractivity contribution >= 4 is 0 Å². The van der Waals surface area contributed by atoms with E-state index >= 15 is 0 Å². The lowest BCUT2D eigenvalue weighted by Crippen LogP contribution is -2.94. The fraction of sp³-hybridized carbons (Fsp3) is 0.625. The summed E-state index contributed by atoms with van der Waals surface area (Å²) in [6.07, 6.45) is 3.43. The quantitative estimate of drug-likeness (QED) is 0.740. The molecular weight excluding hydrogens is 222 g/mol. The average Bonchev–Trinajstić information content (AvgIpc) is 2.33. The minimum absolute atomic E-state index is 0.344. The molecule has 0 aliphatic carbocycles. The van der Waals surface area contributed by atoms with Crippen molar-refractivity contribution in [1.29, 1.82) is 0 Å². The standard InChI is InChI=1S/C16H27NO/c1-5-14-8-10-15(11-9-14)18-13-7-6-12-17-16(2,3)4/h8-11,17H,5-7,12-13H2,1-4H3/p+1. The third-order valence-electron chi connectivity index (χ3n) is 2.96. The highest BCUT2D eigenvalue weighted by Crippen LogP contribution is 2.12. The summed E-state index contributed by atoms with van der Waals surface area (Å²) in [5, 5.41) is 2.39. The van der Waals surface area contributed by atoms with Gasteiger partial charge in [-0.25, -0.2) is 0 Å². The molecule has 0 saturated carbocycles. The summed E-state index contributed by atoms with van der Waals surface area (Å²) in [7, 11) is 0. The van der Waals surface area contributed by atoms with E-state index in [0.29, 0.717) is 5.54 Å². The van der Waals surface area contributed by atoms with Gasteiger partial charge in [0.1, 0.15) is 5.75 Å². The van der Waals surface area contributed by atoms with Gasteiger partial charge in [0.05, 0.1) is 18.7 Å². The predicted molar refractivity (Wildman–Crippen MR) is 77.1 cm³/mol. The van der Waals surface area contributed by atoms with Crippen LogP contribution in [0.3, 0.4) is 0 Å². The van der Waals surface area contributed by atoms with Gasteiger partial charge in [0.2, 0.25) is 0 Å². The molecule has 18 heavy (non-hydrogen) atoms. The lowest BCUT2D eigenvalue weighted by molar-refractivity contribution is -0.717. The first kappa shape index (κ1) is 15.0. The maximum absolute atomic E-state index is 5.72. The molecule has 0 spiro atoms. The van der Waals surface area contributed by atoms with E-state index in [9.17, 15) is 0 Å². The Morgan fingerprint density at radius 2 is 1.72 bits per heavy atom. The normalized spacial score (nSPS) is 11.6. The van der Waals surface area contributed by atoms with Crippen molar-refractivity contribution in [3.05, 3.63) is 29.8 Å². The van der Waals surface area contributed by atoms with Crippen LogP contribution in [0.2, 0.25) is 0 Å². The van der Waals surface area contributed by atoms with Crippen LogP contribution in [0.4, 0.5) is 0 Å². The molecule has 0 aliphatic heterocycles. The first-order chi connectivity index (χ1) is 8.51. The molecular formula is C16H28NO+. The van der Waals surface area contributed by atoms with Gasteiger partial charge in [-0.1, -0.05) is 19.1 Å². The molecule has 2 nitrogen and oxygen atoms in total. The van der Waals surface area contributed by atoms with Crippen LogP contribution in [0.5, 0.6) is 5.75 Å². The lowest BCUT2D eigenvalue weighted by atomic mass is 10.1. The fourth-order valence-electron chi connectivity index (χ4n) is 1.79. The molecule has 1 aromatic rings. The highest BCUT2D eigenvalue weighted by molar-refractivity contribution is 5.27. The van der Waals surface area contributed by atoms with Gasteiger partial charge in [0.25, 0.3) is 0 Å². The number of hydrogen-bond donors (Lipinski definition) is 1. The van der Waals surface area contributed by atoms with Gasteiger partial charge >= 0.3 is 0 Å². The molecule has 0 heterocycles. The smallest absolute Gasteiger partial charge is 0.119 e. The Labute approximate surface area is 112 Å². The Morgan fingerprint density at radius 3 is 2.28 bits per heavy atom. The number of rotatable bonds is 7. The van der Waals surface area contributed by atoms with E-state index in [1.54, 1.807) is 0 Å². The van der Waals surface area contributed by atoms with Crippen molar-refractivity contribution in [1.82, 2.24) is 0 Å². The molecule has 0 saturated heterocycles. The second-order valence-electron chi connectivity index (χ2n) is 5.91. The average molecular weight is 250 g/mol. The van der Waals surface area contributed by atoms with Crippen molar-refractivity contribution in [3.8, 4) is 5.75 Å². The minimum Gasteiger partial charge on any atom is -0.494 e. The lowest BCUT2D eigenvalue weighted by Gasteiger charge is -2.16. The predicted octanol–water partition coefficient (Wildman–Crippen LogP) is 2.77. The van der Waals surface area contributed by atoms with Gasteiger partial charge in [-0.15, -0.1) is 0 Å². The molecule has 0 fully saturated rings. The van der Waals surface area contributed by atoms with Gasteiger partial charge < -0.3 is 10.1 Å². The summed E-state index contributed by atoms with van der Waals surface area (Å²) in [4.78, 5) is 0. The number of hydrogen-bond acceptors (Lipinski definition) is 1. The van der Waals surface area contributed by atoms with Gasteiger partial charge in [0.15, 0.2) is 0 Å². The van der Waals surface area contributed by atoms with Gasteiger partial charge in [0, 0.05) is 0 Å². The van der Waals surface area contributed by atoms with Crippen molar-refractivity contribution in [3.63, 3.8) is 0 Å². The van der Waals surface area contributed by atoms with E-state index in [2.05, 4.69) is 57.3 Å². The van der Waals surface area contributed by atoms with Crippen molar-refractivity contribution in [2.45, 2.75) is 52.5 Å². The highest BCUT2D eigenvalue weighted by Gasteiger charge is 2.11. The summed E-state index contributed by atoms with van der Waals surface area (Å²) in [6, 6.07) is 8.42. The zero-order valence-electron chi connectivity index (χ0n) is 12.3. The van der Waals surface area contributed by atoms with Crippen LogP contribution in [-0.4, -0.2) is 18.7 Å². The molecule has 0 unspecified atom stereocenters. The first-order valence-corrected chi connectivity index (χ1v) is 7.07. The molecule has 102 valence electrons. The number of ether oxygens (including phenoxy) is 1. The van der Waals surface area contributed by atoms with E-state index in [1.165, 1.54) is 18.5 Å². The number of quaternary nitrogens is 1. The largest absolute Gasteiger partial charge is 0.494 e. The first-order valence-electron chi connectivity index (χ1n) is 7.07. The van der Waals surface area contributed by atoms with Gasteiger partial charge in [-0.2, -0.15) is 0 Å². The van der Waals surface area contributed by atoms with Crippen LogP contribution in [0.15, 0.2) is 24.3 Å². The highest BCUT2D eigenvalue weighted by atomic mass is 16.5. The zero-order valence-corrected chi connectivity index (χ0v) is 12.3. The molecule has 2 N–H and O–H groups in total. The SMILES string of the molecule is CCc1ccc(OCCCC[NH2+]C(C)(C)C)cc1. The van der Waals surface area contributed by atoms with Crippen molar-refractivity contribution < 1.29 is 10.1 Å². The summed E-state index contributed by atoms with van der Waals surface area (Å²) in [6.45, 7) is 10.9. The van der Waals surface area contributed by atoms with E-state index in [-0.39, 0.29) is 0 Å². The summed E-state index contributed by atoms with van der Waals surface area (Å²) < 4.78 is 5.72. The molecule has 0 aromatic heterocycles. The van der Waals surface area contributed by atoms with Gasteiger partial charge in [-0.3, -0.25) is 0 Å². The molecule has 0 bridgehead atoms. The van der Waals surface area contributed by atoms with E-state index in [4.69, 9.17) is 4.74 Å². The van der Waals surface area contributed by atoms with Crippen LogP contribution < -0.4 is 10.1 Å². The van der Waals surface area contributed by atoms with Crippen LogP contribution in [0.25, 0.3) is 0 Å². The zero-order chi connectivity index (χ0) is 13.4. The van der Waals surface area contributed by atoms with Crippen LogP contribution in [0.1, 0.15) is 46.1 Å². The Kier molecular flexibility index (Phi) is 6.20. The maximum atomic E-state index is 5.72. The van der Waals surface area contributed by atoms with Crippen LogP contribution in [-0.2, 0) is 6.42 Å². The fourth-order valence-corrected chi connectivity index (χ4v) is 1.79. The number of aryl methyl sites for hydroxylation is 1. The molecule has 0 amide bonds. The monoisotopic (exact) mass is 250 g/mol. The number of benzene rings is 1. The van der Waals surface area contributed by atoms with Crippen molar-refractivity contribution in [2.24, 2.45) is 0 Å². The summed E-state index contributed by atoms with van der Waals surface area (Å²) in [5.41, 5.74) is 1.71. The molecule has 0 atom stereocenters. The second-order valence-corrected chi connectivity index (χ2v) is 5.91. The molecule has 0 radical (unpaired) electrons. The number of unbranched alkanes of at least 4 members (excludes halogenated alkanes) is 1. The Hall–Kier alpha value is -1.02. The topological polar surface area (TPSA) is 25.8 Å². The van der Waals surface area contributed by atoms with E-state index in [0.717, 1.165) is 25.2 Å². The molecule has 1 aromatic carbocycles. The molecule has 0 aliphatic rings. The van der Waals surface area contributed by atoms with Gasteiger partial charge in [-0.05, 0) is 57.7 Å². The van der Waals surface area contributed by atoms with E-state index < -0.39 is 0 Å². The van der Waals surface area contributed by atoms with Crippen LogP contribution in [0, 0.1) is 0 Å². The molecule has 1 rings (SSSR count).